The summed E-state index contributed by atoms with van der Waals surface area (Å²) < 4.78 is 18.7. The van der Waals surface area contributed by atoms with Crippen molar-refractivity contribution in [3.05, 3.63) is 24.0 Å². The number of ether oxygens (including phenoxy) is 1. The average molecular weight is 268 g/mol. The number of aliphatic imine (C=N–C) groups is 1. The SMILES string of the molecule is CCC1(C)CSC(Nc2cc(OC)ccc2F)=N1. The first-order valence-corrected chi connectivity index (χ1v) is 6.88. The second-order valence-electron chi connectivity index (χ2n) is 4.53. The van der Waals surface area contributed by atoms with Crippen LogP contribution in [0.3, 0.4) is 0 Å². The smallest absolute Gasteiger partial charge is 0.161 e. The number of amidine groups is 1. The molecule has 0 amide bonds. The van der Waals surface area contributed by atoms with Crippen molar-refractivity contribution >= 4 is 22.6 Å². The maximum Gasteiger partial charge on any atom is 0.161 e. The normalized spacial score (nSPS) is 22.8. The molecule has 1 heterocycles. The first kappa shape index (κ1) is 13.2. The first-order chi connectivity index (χ1) is 8.56. The van der Waals surface area contributed by atoms with Crippen molar-refractivity contribution in [2.75, 3.05) is 18.2 Å². The Morgan fingerprint density at radius 2 is 2.33 bits per heavy atom. The number of halogens is 1. The van der Waals surface area contributed by atoms with Crippen LogP contribution < -0.4 is 10.1 Å². The molecule has 0 aromatic heterocycles. The third-order valence-corrected chi connectivity index (χ3v) is 4.30. The van der Waals surface area contributed by atoms with Gasteiger partial charge in [-0.05, 0) is 25.5 Å². The lowest BCUT2D eigenvalue weighted by Gasteiger charge is -2.15. The quantitative estimate of drug-likeness (QED) is 0.910. The molecule has 0 saturated heterocycles. The van der Waals surface area contributed by atoms with Crippen LogP contribution in [0, 0.1) is 5.82 Å². The zero-order valence-electron chi connectivity index (χ0n) is 10.8. The van der Waals surface area contributed by atoms with Crippen LogP contribution >= 0.6 is 11.8 Å². The van der Waals surface area contributed by atoms with E-state index in [9.17, 15) is 4.39 Å². The van der Waals surface area contributed by atoms with E-state index >= 15 is 0 Å². The predicted octanol–water partition coefficient (Wildman–Crippen LogP) is 3.52. The third kappa shape index (κ3) is 2.77. The largest absolute Gasteiger partial charge is 0.497 e. The monoisotopic (exact) mass is 268 g/mol. The minimum absolute atomic E-state index is 0.0393. The van der Waals surface area contributed by atoms with Crippen LogP contribution in [0.15, 0.2) is 23.2 Å². The molecule has 18 heavy (non-hydrogen) atoms. The van der Waals surface area contributed by atoms with Crippen molar-refractivity contribution < 1.29 is 9.13 Å². The lowest BCUT2D eigenvalue weighted by molar-refractivity contribution is 0.414. The Hall–Kier alpha value is -1.23. The van der Waals surface area contributed by atoms with Crippen molar-refractivity contribution in [3.8, 4) is 5.75 Å². The van der Waals surface area contributed by atoms with Crippen LogP contribution in [0.25, 0.3) is 0 Å². The maximum absolute atomic E-state index is 13.7. The molecule has 0 fully saturated rings. The van der Waals surface area contributed by atoms with E-state index in [1.54, 1.807) is 31.0 Å². The fraction of sp³-hybridized carbons (Fsp3) is 0.462. The number of hydrogen-bond donors (Lipinski definition) is 1. The van der Waals surface area contributed by atoms with Crippen molar-refractivity contribution in [2.24, 2.45) is 4.99 Å². The zero-order chi connectivity index (χ0) is 13.2. The van der Waals surface area contributed by atoms with E-state index in [4.69, 9.17) is 4.74 Å². The van der Waals surface area contributed by atoms with E-state index in [1.165, 1.54) is 6.07 Å². The Balaban J connectivity index is 2.17. The van der Waals surface area contributed by atoms with E-state index < -0.39 is 0 Å². The number of nitrogens with one attached hydrogen (secondary N) is 1. The number of benzene rings is 1. The van der Waals surface area contributed by atoms with Crippen LogP contribution in [-0.4, -0.2) is 23.6 Å². The highest BCUT2D eigenvalue weighted by molar-refractivity contribution is 8.14. The lowest BCUT2D eigenvalue weighted by atomic mass is 10.0. The average Bonchev–Trinajstić information content (AvgIpc) is 2.75. The summed E-state index contributed by atoms with van der Waals surface area (Å²) >= 11 is 1.62. The van der Waals surface area contributed by atoms with Gasteiger partial charge in [-0.1, -0.05) is 18.7 Å². The van der Waals surface area contributed by atoms with Gasteiger partial charge in [0.25, 0.3) is 0 Å². The summed E-state index contributed by atoms with van der Waals surface area (Å²) in [4.78, 5) is 4.59. The standard InChI is InChI=1S/C13H17FN2OS/c1-4-13(2)8-18-12(16-13)15-11-7-9(17-3)5-6-10(11)14/h5-7H,4,8H2,1-3H3,(H,15,16). The fourth-order valence-corrected chi connectivity index (χ4v) is 2.80. The molecule has 5 heteroatoms. The summed E-state index contributed by atoms with van der Waals surface area (Å²) in [5, 5.41) is 3.80. The summed E-state index contributed by atoms with van der Waals surface area (Å²) in [6.07, 6.45) is 0.978. The van der Waals surface area contributed by atoms with Gasteiger partial charge in [0.1, 0.15) is 11.6 Å². The molecule has 0 saturated carbocycles. The molecule has 1 aromatic rings. The van der Waals surface area contributed by atoms with Crippen LogP contribution in [0.4, 0.5) is 10.1 Å². The number of methoxy groups -OCH3 is 1. The molecule has 1 N–H and O–H groups in total. The zero-order valence-corrected chi connectivity index (χ0v) is 11.6. The van der Waals surface area contributed by atoms with Crippen LogP contribution in [0.5, 0.6) is 5.75 Å². The molecule has 2 rings (SSSR count). The highest BCUT2D eigenvalue weighted by Crippen LogP contribution is 2.31. The van der Waals surface area contributed by atoms with Gasteiger partial charge in [0.2, 0.25) is 0 Å². The van der Waals surface area contributed by atoms with Crippen molar-refractivity contribution in [1.82, 2.24) is 0 Å². The molecule has 1 unspecified atom stereocenters. The molecule has 1 aliphatic rings. The minimum Gasteiger partial charge on any atom is -0.497 e. The number of rotatable bonds is 3. The Morgan fingerprint density at radius 1 is 1.56 bits per heavy atom. The van der Waals surface area contributed by atoms with Gasteiger partial charge in [0.05, 0.1) is 18.3 Å². The molecule has 98 valence electrons. The highest BCUT2D eigenvalue weighted by atomic mass is 32.2. The Bertz CT molecular complexity index is 478. The Morgan fingerprint density at radius 3 is 2.94 bits per heavy atom. The molecule has 3 nitrogen and oxygen atoms in total. The topological polar surface area (TPSA) is 33.6 Å². The highest BCUT2D eigenvalue weighted by Gasteiger charge is 2.29. The Kier molecular flexibility index (Phi) is 3.80. The summed E-state index contributed by atoms with van der Waals surface area (Å²) in [6, 6.07) is 4.63. The van der Waals surface area contributed by atoms with Crippen molar-refractivity contribution in [2.45, 2.75) is 25.8 Å². The second-order valence-corrected chi connectivity index (χ2v) is 5.49. The van der Waals surface area contributed by atoms with Crippen LogP contribution in [0.1, 0.15) is 20.3 Å². The van der Waals surface area contributed by atoms with E-state index in [0.29, 0.717) is 11.4 Å². The molecule has 0 aliphatic carbocycles. The van der Waals surface area contributed by atoms with E-state index in [-0.39, 0.29) is 11.4 Å². The Labute approximate surface area is 111 Å². The summed E-state index contributed by atoms with van der Waals surface area (Å²) in [6.45, 7) is 4.22. The summed E-state index contributed by atoms with van der Waals surface area (Å²) in [5.41, 5.74) is 0.364. The van der Waals surface area contributed by atoms with Gasteiger partial charge >= 0.3 is 0 Å². The number of nitrogens with zero attached hydrogens (tertiary/aromatic N) is 1. The number of thioether (sulfide) groups is 1. The molecule has 1 aliphatic heterocycles. The van der Waals surface area contributed by atoms with Gasteiger partial charge in [-0.15, -0.1) is 0 Å². The number of hydrogen-bond acceptors (Lipinski definition) is 4. The second kappa shape index (κ2) is 5.18. The first-order valence-electron chi connectivity index (χ1n) is 5.89. The summed E-state index contributed by atoms with van der Waals surface area (Å²) in [7, 11) is 1.56. The molecular formula is C13H17FN2OS. The predicted molar refractivity (Wildman–Crippen MR) is 75.2 cm³/mol. The van der Waals surface area contributed by atoms with Gasteiger partial charge in [-0.2, -0.15) is 0 Å². The van der Waals surface area contributed by atoms with Gasteiger partial charge < -0.3 is 10.1 Å². The van der Waals surface area contributed by atoms with E-state index in [0.717, 1.165) is 17.3 Å². The van der Waals surface area contributed by atoms with Gasteiger partial charge in [-0.3, -0.25) is 4.99 Å². The maximum atomic E-state index is 13.7. The fourth-order valence-electron chi connectivity index (χ4n) is 1.62. The number of anilines is 1. The van der Waals surface area contributed by atoms with Crippen LogP contribution in [-0.2, 0) is 0 Å². The van der Waals surface area contributed by atoms with Crippen molar-refractivity contribution in [1.29, 1.82) is 0 Å². The van der Waals surface area contributed by atoms with Gasteiger partial charge in [0, 0.05) is 11.8 Å². The van der Waals surface area contributed by atoms with E-state index in [2.05, 4.69) is 24.2 Å². The third-order valence-electron chi connectivity index (χ3n) is 3.07. The van der Waals surface area contributed by atoms with Crippen molar-refractivity contribution in [3.63, 3.8) is 0 Å². The minimum atomic E-state index is -0.302. The molecule has 1 atom stereocenters. The van der Waals surface area contributed by atoms with Crippen LogP contribution in [0.2, 0.25) is 0 Å². The molecular weight excluding hydrogens is 251 g/mol. The molecule has 0 radical (unpaired) electrons. The molecule has 0 bridgehead atoms. The van der Waals surface area contributed by atoms with E-state index in [1.807, 2.05) is 0 Å². The lowest BCUT2D eigenvalue weighted by Crippen LogP contribution is -2.20. The van der Waals surface area contributed by atoms with Gasteiger partial charge in [-0.25, -0.2) is 4.39 Å². The molecule has 1 aromatic carbocycles. The molecule has 0 spiro atoms. The summed E-state index contributed by atoms with van der Waals surface area (Å²) in [5.74, 6) is 1.25. The van der Waals surface area contributed by atoms with Gasteiger partial charge in [0.15, 0.2) is 5.17 Å².